The maximum Gasteiger partial charge on any atom is 0.0991 e. The van der Waals surface area contributed by atoms with Crippen LogP contribution in [0, 0.1) is 32.1 Å². The van der Waals surface area contributed by atoms with Gasteiger partial charge in [-0.25, -0.2) is 4.68 Å². The lowest BCUT2D eigenvalue weighted by molar-refractivity contribution is 0.559. The molecule has 2 atom stereocenters. The Kier molecular flexibility index (Phi) is 5.76. The number of nitrogens with one attached hydrogen (secondary N) is 1. The first-order valence-corrected chi connectivity index (χ1v) is 10.6. The highest BCUT2D eigenvalue weighted by molar-refractivity contribution is 6.31. The molecule has 0 saturated heterocycles. The van der Waals surface area contributed by atoms with Gasteiger partial charge in [0.05, 0.1) is 23.0 Å². The van der Waals surface area contributed by atoms with E-state index in [1.54, 1.807) is 0 Å². The molecule has 152 valence electrons. The first-order chi connectivity index (χ1) is 14.5. The number of halogens is 1. The van der Waals surface area contributed by atoms with Crippen LogP contribution in [0.5, 0.6) is 0 Å². The molecule has 0 spiro atoms. The highest BCUT2D eigenvalue weighted by atomic mass is 35.5. The molecule has 0 amide bonds. The lowest BCUT2D eigenvalue weighted by atomic mass is 9.96. The molecule has 0 saturated carbocycles. The van der Waals surface area contributed by atoms with Gasteiger partial charge in [0.15, 0.2) is 0 Å². The van der Waals surface area contributed by atoms with Gasteiger partial charge in [0.1, 0.15) is 0 Å². The number of hydrogen-bond donors (Lipinski definition) is 1. The Morgan fingerprint density at radius 2 is 2.00 bits per heavy atom. The van der Waals surface area contributed by atoms with E-state index in [9.17, 15) is 0 Å². The van der Waals surface area contributed by atoms with Gasteiger partial charge in [-0.3, -0.25) is 0 Å². The highest BCUT2D eigenvalue weighted by Gasteiger charge is 2.26. The van der Waals surface area contributed by atoms with Crippen LogP contribution in [-0.2, 0) is 6.54 Å². The van der Waals surface area contributed by atoms with Gasteiger partial charge in [-0.05, 0) is 62.6 Å². The van der Waals surface area contributed by atoms with Gasteiger partial charge in [-0.15, -0.1) is 0 Å². The summed E-state index contributed by atoms with van der Waals surface area (Å²) in [6.07, 6.45) is 5.53. The molecule has 0 unspecified atom stereocenters. The Labute approximate surface area is 182 Å². The molecule has 1 aliphatic carbocycles. The van der Waals surface area contributed by atoms with Crippen molar-refractivity contribution < 1.29 is 0 Å². The summed E-state index contributed by atoms with van der Waals surface area (Å²) in [4.78, 5) is 0. The molecule has 1 aliphatic rings. The van der Waals surface area contributed by atoms with E-state index in [-0.39, 0.29) is 0 Å². The van der Waals surface area contributed by atoms with Crippen LogP contribution in [0.4, 0.5) is 0 Å². The van der Waals surface area contributed by atoms with E-state index >= 15 is 0 Å². The van der Waals surface area contributed by atoms with Gasteiger partial charge >= 0.3 is 0 Å². The molecule has 2 aromatic carbocycles. The molecule has 0 radical (unpaired) electrons. The molecule has 1 N–H and O–H groups in total. The fraction of sp³-hybridized carbons (Fsp3) is 0.280. The maximum absolute atomic E-state index is 9.07. The average Bonchev–Trinajstić information content (AvgIpc) is 3.32. The molecule has 5 heteroatoms. The summed E-state index contributed by atoms with van der Waals surface area (Å²) in [5.74, 6) is 0.336. The smallest absolute Gasteiger partial charge is 0.0991 e. The average molecular weight is 417 g/mol. The molecule has 0 aliphatic heterocycles. The third kappa shape index (κ3) is 4.05. The number of aryl methyl sites for hydroxylation is 2. The minimum absolute atomic E-state index is 0.303. The van der Waals surface area contributed by atoms with Crippen LogP contribution in [0.2, 0.25) is 5.02 Å². The van der Waals surface area contributed by atoms with Crippen molar-refractivity contribution >= 4 is 11.6 Å². The zero-order valence-corrected chi connectivity index (χ0v) is 18.2. The van der Waals surface area contributed by atoms with Gasteiger partial charge in [0.2, 0.25) is 0 Å². The Balaban J connectivity index is 1.48. The molecule has 1 heterocycles. The van der Waals surface area contributed by atoms with E-state index in [0.29, 0.717) is 17.5 Å². The molecule has 0 bridgehead atoms. The number of benzene rings is 2. The number of nitrogens with zero attached hydrogens (tertiary/aromatic N) is 3. The molecular weight excluding hydrogens is 392 g/mol. The Bertz CT molecular complexity index is 1150. The van der Waals surface area contributed by atoms with Crippen molar-refractivity contribution in [3.05, 3.63) is 93.3 Å². The second kappa shape index (κ2) is 8.47. The van der Waals surface area contributed by atoms with Crippen LogP contribution in [0.25, 0.3) is 5.69 Å². The van der Waals surface area contributed by atoms with Gasteiger partial charge in [-0.2, -0.15) is 10.4 Å². The zero-order valence-electron chi connectivity index (χ0n) is 17.5. The van der Waals surface area contributed by atoms with E-state index in [4.69, 9.17) is 22.0 Å². The highest BCUT2D eigenvalue weighted by Crippen LogP contribution is 2.34. The second-order valence-electron chi connectivity index (χ2n) is 7.96. The molecular formula is C25H25ClN4. The van der Waals surface area contributed by atoms with E-state index in [1.165, 1.54) is 5.56 Å². The van der Waals surface area contributed by atoms with Crippen molar-refractivity contribution in [2.45, 2.75) is 45.7 Å². The largest absolute Gasteiger partial charge is 0.306 e. The van der Waals surface area contributed by atoms with Crippen LogP contribution in [0.15, 0.2) is 54.6 Å². The summed E-state index contributed by atoms with van der Waals surface area (Å²) < 4.78 is 2.00. The van der Waals surface area contributed by atoms with Gasteiger partial charge in [0, 0.05) is 34.8 Å². The summed E-state index contributed by atoms with van der Waals surface area (Å²) in [6.45, 7) is 6.96. The fourth-order valence-corrected chi connectivity index (χ4v) is 4.40. The fourth-order valence-electron chi connectivity index (χ4n) is 4.22. The normalized spacial score (nSPS) is 18.0. The van der Waals surface area contributed by atoms with E-state index < -0.39 is 0 Å². The van der Waals surface area contributed by atoms with Crippen LogP contribution < -0.4 is 5.32 Å². The van der Waals surface area contributed by atoms with Crippen molar-refractivity contribution in [3.8, 4) is 11.8 Å². The first kappa shape index (κ1) is 20.4. The molecule has 3 aromatic rings. The standard InChI is InChI=1S/C25H25ClN4/c1-16-7-10-23(13-24(16)26)30-18(3)25(17(2)29-30)21-8-9-22(12-21)28-15-20-6-4-5-19(11-20)14-27/h4-11,13,21-22,28H,12,15H2,1-3H3/t21-,22-/m1/s1. The number of aromatic nitrogens is 2. The lowest BCUT2D eigenvalue weighted by Crippen LogP contribution is -2.25. The monoisotopic (exact) mass is 416 g/mol. The van der Waals surface area contributed by atoms with Gasteiger partial charge in [0.25, 0.3) is 0 Å². The number of allylic oxidation sites excluding steroid dienone is 1. The maximum atomic E-state index is 9.07. The van der Waals surface area contributed by atoms with E-state index in [1.807, 2.05) is 41.9 Å². The summed E-state index contributed by atoms with van der Waals surface area (Å²) in [5.41, 5.74) is 7.39. The second-order valence-corrected chi connectivity index (χ2v) is 8.36. The van der Waals surface area contributed by atoms with Crippen molar-refractivity contribution in [1.82, 2.24) is 15.1 Å². The van der Waals surface area contributed by atoms with Crippen LogP contribution in [-0.4, -0.2) is 15.8 Å². The van der Waals surface area contributed by atoms with Crippen LogP contribution in [0.1, 0.15) is 46.0 Å². The third-order valence-corrected chi connectivity index (χ3v) is 6.23. The number of nitriles is 1. The predicted molar refractivity (Wildman–Crippen MR) is 121 cm³/mol. The topological polar surface area (TPSA) is 53.6 Å². The third-order valence-electron chi connectivity index (χ3n) is 5.83. The van der Waals surface area contributed by atoms with Crippen LogP contribution >= 0.6 is 11.6 Å². The molecule has 0 fully saturated rings. The molecule has 1 aromatic heterocycles. The Hall–Kier alpha value is -2.87. The Morgan fingerprint density at radius 3 is 2.77 bits per heavy atom. The Morgan fingerprint density at radius 1 is 1.17 bits per heavy atom. The summed E-state index contributed by atoms with van der Waals surface area (Å²) in [7, 11) is 0. The van der Waals surface area contributed by atoms with E-state index in [2.05, 4.69) is 49.5 Å². The summed E-state index contributed by atoms with van der Waals surface area (Å²) in [6, 6.07) is 16.3. The van der Waals surface area contributed by atoms with Crippen molar-refractivity contribution in [2.24, 2.45) is 0 Å². The van der Waals surface area contributed by atoms with Crippen molar-refractivity contribution in [1.29, 1.82) is 5.26 Å². The van der Waals surface area contributed by atoms with E-state index in [0.717, 1.165) is 46.2 Å². The van der Waals surface area contributed by atoms with Crippen LogP contribution in [0.3, 0.4) is 0 Å². The lowest BCUT2D eigenvalue weighted by Gasteiger charge is -2.15. The number of rotatable bonds is 5. The summed E-state index contributed by atoms with van der Waals surface area (Å²) >= 11 is 6.33. The SMILES string of the molecule is Cc1ccc(-n2nc(C)c([C@@H]3C=C[C@@H](NCc4cccc(C#N)c4)C3)c2C)cc1Cl. The van der Waals surface area contributed by atoms with Gasteiger partial charge < -0.3 is 5.32 Å². The molecule has 4 rings (SSSR count). The first-order valence-electron chi connectivity index (χ1n) is 10.2. The summed E-state index contributed by atoms with van der Waals surface area (Å²) in [5, 5.41) is 18.2. The minimum Gasteiger partial charge on any atom is -0.306 e. The van der Waals surface area contributed by atoms with Gasteiger partial charge in [-0.1, -0.05) is 42.0 Å². The minimum atomic E-state index is 0.303. The molecule has 30 heavy (non-hydrogen) atoms. The molecule has 4 nitrogen and oxygen atoms in total. The number of hydrogen-bond acceptors (Lipinski definition) is 3. The van der Waals surface area contributed by atoms with Crippen molar-refractivity contribution in [3.63, 3.8) is 0 Å². The van der Waals surface area contributed by atoms with Crippen molar-refractivity contribution in [2.75, 3.05) is 0 Å². The predicted octanol–water partition coefficient (Wildman–Crippen LogP) is 5.52. The zero-order chi connectivity index (χ0) is 21.3. The quantitative estimate of drug-likeness (QED) is 0.557.